The van der Waals surface area contributed by atoms with Crippen molar-refractivity contribution in [2.24, 2.45) is 0 Å². The average molecular weight is 358 g/mol. The van der Waals surface area contributed by atoms with Crippen molar-refractivity contribution in [3.05, 3.63) is 41.7 Å². The van der Waals surface area contributed by atoms with Crippen molar-refractivity contribution in [2.75, 3.05) is 20.2 Å². The van der Waals surface area contributed by atoms with Gasteiger partial charge in [-0.2, -0.15) is 5.10 Å². The van der Waals surface area contributed by atoms with Gasteiger partial charge >= 0.3 is 0 Å². The third kappa shape index (κ3) is 4.14. The summed E-state index contributed by atoms with van der Waals surface area (Å²) in [4.78, 5) is 25.4. The molecule has 2 amide bonds. The minimum Gasteiger partial charge on any atom is -0.493 e. The Hall–Kier alpha value is -3.03. The SMILES string of the molecule is COc1ccccc1OCc1cc(C(=O)N2CC[C@H](NC(C)=O)C2)n[nH]1. The Morgan fingerprint density at radius 1 is 1.35 bits per heavy atom. The smallest absolute Gasteiger partial charge is 0.274 e. The van der Waals surface area contributed by atoms with Gasteiger partial charge in [0.15, 0.2) is 17.2 Å². The highest BCUT2D eigenvalue weighted by Gasteiger charge is 2.28. The molecule has 8 heteroatoms. The van der Waals surface area contributed by atoms with Crippen molar-refractivity contribution in [1.29, 1.82) is 0 Å². The van der Waals surface area contributed by atoms with E-state index in [0.717, 1.165) is 6.42 Å². The predicted molar refractivity (Wildman–Crippen MR) is 94.0 cm³/mol. The van der Waals surface area contributed by atoms with Crippen LogP contribution in [0, 0.1) is 0 Å². The first-order valence-electron chi connectivity index (χ1n) is 8.43. The molecule has 0 unspecified atom stereocenters. The number of likely N-dealkylation sites (tertiary alicyclic amines) is 1. The molecule has 0 bridgehead atoms. The number of hydrogen-bond acceptors (Lipinski definition) is 5. The van der Waals surface area contributed by atoms with Crippen molar-refractivity contribution in [3.63, 3.8) is 0 Å². The number of ether oxygens (including phenoxy) is 2. The van der Waals surface area contributed by atoms with E-state index in [1.807, 2.05) is 24.3 Å². The van der Waals surface area contributed by atoms with Crippen LogP contribution in [0.1, 0.15) is 29.5 Å². The lowest BCUT2D eigenvalue weighted by Gasteiger charge is -2.15. The highest BCUT2D eigenvalue weighted by atomic mass is 16.5. The van der Waals surface area contributed by atoms with E-state index >= 15 is 0 Å². The molecule has 8 nitrogen and oxygen atoms in total. The third-order valence-electron chi connectivity index (χ3n) is 4.19. The normalized spacial score (nSPS) is 16.4. The van der Waals surface area contributed by atoms with Crippen molar-refractivity contribution in [3.8, 4) is 11.5 Å². The standard InChI is InChI=1S/C18H22N4O4/c1-12(23)19-13-7-8-22(10-13)18(24)15-9-14(20-21-15)11-26-17-6-4-3-5-16(17)25-2/h3-6,9,13H,7-8,10-11H2,1-2H3,(H,19,23)(H,20,21)/t13-/m0/s1. The van der Waals surface area contributed by atoms with Crippen LogP contribution in [0.4, 0.5) is 0 Å². The van der Waals surface area contributed by atoms with E-state index < -0.39 is 0 Å². The Kier molecular flexibility index (Phi) is 5.40. The van der Waals surface area contributed by atoms with Crippen LogP contribution < -0.4 is 14.8 Å². The zero-order valence-electron chi connectivity index (χ0n) is 14.8. The van der Waals surface area contributed by atoms with Gasteiger partial charge in [-0.3, -0.25) is 14.7 Å². The van der Waals surface area contributed by atoms with Gasteiger partial charge in [0.25, 0.3) is 5.91 Å². The fourth-order valence-electron chi connectivity index (χ4n) is 2.95. The number of benzene rings is 1. The highest BCUT2D eigenvalue weighted by molar-refractivity contribution is 5.92. The molecule has 2 heterocycles. The molecule has 1 aromatic carbocycles. The van der Waals surface area contributed by atoms with Crippen LogP contribution >= 0.6 is 0 Å². The molecule has 2 aromatic rings. The Morgan fingerprint density at radius 2 is 2.12 bits per heavy atom. The molecule has 1 saturated heterocycles. The van der Waals surface area contributed by atoms with E-state index in [-0.39, 0.29) is 24.5 Å². The lowest BCUT2D eigenvalue weighted by Crippen LogP contribution is -2.37. The maximum atomic E-state index is 12.5. The second-order valence-corrected chi connectivity index (χ2v) is 6.16. The summed E-state index contributed by atoms with van der Waals surface area (Å²) in [6, 6.07) is 9.04. The highest BCUT2D eigenvalue weighted by Crippen LogP contribution is 2.26. The minimum atomic E-state index is -0.155. The van der Waals surface area contributed by atoms with E-state index in [1.54, 1.807) is 18.1 Å². The molecule has 1 aliphatic heterocycles. The van der Waals surface area contributed by atoms with E-state index in [0.29, 0.717) is 36.0 Å². The van der Waals surface area contributed by atoms with E-state index in [1.165, 1.54) is 6.92 Å². The van der Waals surface area contributed by atoms with Crippen molar-refractivity contribution < 1.29 is 19.1 Å². The number of rotatable bonds is 6. The van der Waals surface area contributed by atoms with Crippen LogP contribution in [0.5, 0.6) is 11.5 Å². The van der Waals surface area contributed by atoms with Crippen LogP contribution in [0.2, 0.25) is 0 Å². The minimum absolute atomic E-state index is 0.00346. The molecular weight excluding hydrogens is 336 g/mol. The van der Waals surface area contributed by atoms with Crippen LogP contribution in [0.15, 0.2) is 30.3 Å². The molecule has 1 aliphatic rings. The van der Waals surface area contributed by atoms with Crippen molar-refractivity contribution >= 4 is 11.8 Å². The molecular formula is C18H22N4O4. The Labute approximate surface area is 151 Å². The summed E-state index contributed by atoms with van der Waals surface area (Å²) in [6.07, 6.45) is 0.750. The third-order valence-corrected chi connectivity index (χ3v) is 4.19. The van der Waals surface area contributed by atoms with Gasteiger partial charge in [0.1, 0.15) is 6.61 Å². The summed E-state index contributed by atoms with van der Waals surface area (Å²) < 4.78 is 11.0. The number of methoxy groups -OCH3 is 1. The molecule has 3 rings (SSSR count). The average Bonchev–Trinajstić information content (AvgIpc) is 3.28. The van der Waals surface area contributed by atoms with E-state index in [4.69, 9.17) is 9.47 Å². The topological polar surface area (TPSA) is 96.6 Å². The number of H-pyrrole nitrogens is 1. The van der Waals surface area contributed by atoms with Crippen LogP contribution in [0.25, 0.3) is 0 Å². The fraction of sp³-hybridized carbons (Fsp3) is 0.389. The summed E-state index contributed by atoms with van der Waals surface area (Å²) >= 11 is 0. The maximum Gasteiger partial charge on any atom is 0.274 e. The van der Waals surface area contributed by atoms with E-state index in [2.05, 4.69) is 15.5 Å². The lowest BCUT2D eigenvalue weighted by molar-refractivity contribution is -0.119. The van der Waals surface area contributed by atoms with Gasteiger partial charge in [-0.15, -0.1) is 0 Å². The summed E-state index contributed by atoms with van der Waals surface area (Å²) in [6.45, 7) is 2.82. The van der Waals surface area contributed by atoms with Gasteiger partial charge in [0.2, 0.25) is 5.91 Å². The number of amides is 2. The molecule has 1 fully saturated rings. The molecule has 0 radical (unpaired) electrons. The van der Waals surface area contributed by atoms with Gasteiger partial charge in [0.05, 0.1) is 12.8 Å². The second kappa shape index (κ2) is 7.90. The number of nitrogens with zero attached hydrogens (tertiary/aromatic N) is 2. The number of carbonyl (C=O) groups is 2. The van der Waals surface area contributed by atoms with Crippen molar-refractivity contribution in [2.45, 2.75) is 26.0 Å². The molecule has 0 saturated carbocycles. The quantitative estimate of drug-likeness (QED) is 0.812. The van der Waals surface area contributed by atoms with Crippen molar-refractivity contribution in [1.82, 2.24) is 20.4 Å². The largest absolute Gasteiger partial charge is 0.493 e. The van der Waals surface area contributed by atoms with Crippen LogP contribution in [0.3, 0.4) is 0 Å². The zero-order valence-corrected chi connectivity index (χ0v) is 14.8. The molecule has 1 aromatic heterocycles. The fourth-order valence-corrected chi connectivity index (χ4v) is 2.95. The van der Waals surface area contributed by atoms with Crippen LogP contribution in [-0.2, 0) is 11.4 Å². The first kappa shape index (κ1) is 17.8. The summed E-state index contributed by atoms with van der Waals surface area (Å²) in [5.41, 5.74) is 1.03. The molecule has 2 N–H and O–H groups in total. The van der Waals surface area contributed by atoms with Gasteiger partial charge in [-0.1, -0.05) is 12.1 Å². The van der Waals surface area contributed by atoms with Gasteiger partial charge in [0, 0.05) is 26.1 Å². The number of para-hydroxylation sites is 2. The molecule has 26 heavy (non-hydrogen) atoms. The first-order valence-corrected chi connectivity index (χ1v) is 8.43. The number of hydrogen-bond donors (Lipinski definition) is 2. The number of aromatic amines is 1. The number of aromatic nitrogens is 2. The Morgan fingerprint density at radius 3 is 2.85 bits per heavy atom. The summed E-state index contributed by atoms with van der Waals surface area (Å²) in [5, 5.41) is 9.75. The molecule has 0 spiro atoms. The monoisotopic (exact) mass is 358 g/mol. The van der Waals surface area contributed by atoms with E-state index in [9.17, 15) is 9.59 Å². The number of nitrogens with one attached hydrogen (secondary N) is 2. The number of carbonyl (C=O) groups excluding carboxylic acids is 2. The van der Waals surface area contributed by atoms with Gasteiger partial charge in [-0.25, -0.2) is 0 Å². The van der Waals surface area contributed by atoms with Crippen LogP contribution in [-0.4, -0.2) is 53.2 Å². The van der Waals surface area contributed by atoms with Gasteiger partial charge < -0.3 is 19.7 Å². The first-order chi connectivity index (χ1) is 12.6. The Balaban J connectivity index is 1.57. The van der Waals surface area contributed by atoms with Gasteiger partial charge in [-0.05, 0) is 24.6 Å². The summed E-state index contributed by atoms with van der Waals surface area (Å²) in [7, 11) is 1.58. The lowest BCUT2D eigenvalue weighted by atomic mass is 10.2. The zero-order chi connectivity index (χ0) is 18.5. The maximum absolute atomic E-state index is 12.5. The Bertz CT molecular complexity index is 789. The molecule has 0 aliphatic carbocycles. The molecule has 1 atom stereocenters. The second-order valence-electron chi connectivity index (χ2n) is 6.16. The molecule has 138 valence electrons. The summed E-state index contributed by atoms with van der Waals surface area (Å²) in [5.74, 6) is 1.03. The predicted octanol–water partition coefficient (Wildman–Crippen LogP) is 1.35.